The van der Waals surface area contributed by atoms with Crippen LogP contribution in [0.5, 0.6) is 11.5 Å². The van der Waals surface area contributed by atoms with Crippen LogP contribution in [0.4, 0.5) is 0 Å². The van der Waals surface area contributed by atoms with E-state index in [4.69, 9.17) is 27.6 Å². The average Bonchev–Trinajstić information content (AvgIpc) is 2.86. The van der Waals surface area contributed by atoms with Crippen molar-refractivity contribution in [3.05, 3.63) is 93.0 Å². The van der Waals surface area contributed by atoms with E-state index < -0.39 is 8.32 Å². The molecule has 4 N–H and O–H groups in total. The summed E-state index contributed by atoms with van der Waals surface area (Å²) in [6.45, 7) is 16.1. The van der Waals surface area contributed by atoms with Crippen LogP contribution in [0, 0.1) is 0 Å². The molecule has 0 fully saturated rings. The van der Waals surface area contributed by atoms with Crippen molar-refractivity contribution in [2.24, 2.45) is 0 Å². The maximum Gasteiger partial charge on any atom is 0.224 e. The van der Waals surface area contributed by atoms with E-state index in [1.54, 1.807) is 24.3 Å². The first-order chi connectivity index (χ1) is 19.4. The SMILES string of the molecule is CC(C)(Cc1cccc(CC(=O)NCc2ccc(Cl)c(Cl)c2)c1)NCC(O[Si](C)(C)C(C)(C)C)c1cc(O)cc(O)c1. The van der Waals surface area contributed by atoms with E-state index in [0.717, 1.165) is 28.7 Å². The van der Waals surface area contributed by atoms with Gasteiger partial charge in [-0.3, -0.25) is 4.79 Å². The number of phenolic OH excluding ortho intramolecular Hbond substituents is 2. The summed E-state index contributed by atoms with van der Waals surface area (Å²) in [6, 6.07) is 18.0. The van der Waals surface area contributed by atoms with Crippen LogP contribution in [0.2, 0.25) is 28.2 Å². The Kier molecular flexibility index (Phi) is 11.2. The van der Waals surface area contributed by atoms with Crippen LogP contribution in [-0.2, 0) is 28.6 Å². The molecule has 1 unspecified atom stereocenters. The lowest BCUT2D eigenvalue weighted by atomic mass is 9.93. The third-order valence-electron chi connectivity index (χ3n) is 7.78. The fraction of sp³-hybridized carbons (Fsp3) is 0.424. The second-order valence-electron chi connectivity index (χ2n) is 13.1. The summed E-state index contributed by atoms with van der Waals surface area (Å²) >= 11 is 12.1. The minimum atomic E-state index is -2.17. The van der Waals surface area contributed by atoms with Crippen LogP contribution in [0.1, 0.15) is 63.0 Å². The number of benzene rings is 3. The molecule has 0 saturated carbocycles. The number of rotatable bonds is 12. The second-order valence-corrected chi connectivity index (χ2v) is 18.7. The van der Waals surface area contributed by atoms with Gasteiger partial charge in [0, 0.05) is 24.7 Å². The Bertz CT molecular complexity index is 1370. The van der Waals surface area contributed by atoms with E-state index in [0.29, 0.717) is 23.1 Å². The zero-order valence-electron chi connectivity index (χ0n) is 25.6. The molecule has 1 amide bonds. The van der Waals surface area contributed by atoms with E-state index in [1.807, 2.05) is 18.2 Å². The van der Waals surface area contributed by atoms with Crippen molar-refractivity contribution in [1.29, 1.82) is 0 Å². The minimum Gasteiger partial charge on any atom is -0.508 e. The van der Waals surface area contributed by atoms with Crippen molar-refractivity contribution in [2.75, 3.05) is 6.54 Å². The summed E-state index contributed by atoms with van der Waals surface area (Å²) in [6.07, 6.45) is 0.643. The van der Waals surface area contributed by atoms with Gasteiger partial charge >= 0.3 is 0 Å². The lowest BCUT2D eigenvalue weighted by molar-refractivity contribution is -0.120. The van der Waals surface area contributed by atoms with Crippen LogP contribution in [0.15, 0.2) is 60.7 Å². The Labute approximate surface area is 261 Å². The fourth-order valence-corrected chi connectivity index (χ4v) is 6.06. The molecule has 0 aliphatic heterocycles. The Morgan fingerprint density at radius 2 is 1.52 bits per heavy atom. The van der Waals surface area contributed by atoms with E-state index in [-0.39, 0.29) is 40.5 Å². The largest absolute Gasteiger partial charge is 0.508 e. The average molecular weight is 632 g/mol. The summed E-state index contributed by atoms with van der Waals surface area (Å²) in [5, 5.41) is 27.9. The third-order valence-corrected chi connectivity index (χ3v) is 13.0. The molecule has 6 nitrogen and oxygen atoms in total. The van der Waals surface area contributed by atoms with Gasteiger partial charge in [0.05, 0.1) is 22.6 Å². The Morgan fingerprint density at radius 3 is 2.14 bits per heavy atom. The predicted octanol–water partition coefficient (Wildman–Crippen LogP) is 7.94. The number of nitrogens with one attached hydrogen (secondary N) is 2. The standard InChI is InChI=1S/C33H44Cl2N2O4Si/c1-32(2,3)42(6,7)41-30(25-16-26(38)18-27(39)17-25)21-37-33(4,5)19-23-10-8-9-22(13-23)15-31(40)36-20-24-11-12-28(34)29(35)14-24/h8-14,16-18,30,37-39H,15,19-21H2,1-7H3,(H,36,40). The molecule has 0 aliphatic rings. The van der Waals surface area contributed by atoms with Crippen molar-refractivity contribution >= 4 is 37.4 Å². The van der Waals surface area contributed by atoms with Gasteiger partial charge in [-0.15, -0.1) is 0 Å². The van der Waals surface area contributed by atoms with Gasteiger partial charge < -0.3 is 25.3 Å². The maximum absolute atomic E-state index is 12.7. The van der Waals surface area contributed by atoms with E-state index in [1.165, 1.54) is 6.07 Å². The van der Waals surface area contributed by atoms with Crippen LogP contribution in [-0.4, -0.2) is 36.5 Å². The van der Waals surface area contributed by atoms with Crippen molar-refractivity contribution in [3.8, 4) is 11.5 Å². The number of carbonyl (C=O) groups is 1. The summed E-state index contributed by atoms with van der Waals surface area (Å²) in [5.41, 5.74) is 3.36. The first-order valence-electron chi connectivity index (χ1n) is 14.2. The molecule has 0 bridgehead atoms. The molecule has 9 heteroatoms. The Balaban J connectivity index is 1.66. The van der Waals surface area contributed by atoms with Crippen molar-refractivity contribution in [1.82, 2.24) is 10.6 Å². The molecule has 0 heterocycles. The van der Waals surface area contributed by atoms with Gasteiger partial charge in [-0.2, -0.15) is 0 Å². The highest BCUT2D eigenvalue weighted by Gasteiger charge is 2.40. The van der Waals surface area contributed by atoms with E-state index in [9.17, 15) is 15.0 Å². The topological polar surface area (TPSA) is 90.8 Å². The predicted molar refractivity (Wildman–Crippen MR) is 175 cm³/mol. The van der Waals surface area contributed by atoms with Crippen LogP contribution in [0.25, 0.3) is 0 Å². The quantitative estimate of drug-likeness (QED) is 0.153. The number of hydrogen-bond acceptors (Lipinski definition) is 5. The van der Waals surface area contributed by atoms with Crippen LogP contribution in [0.3, 0.4) is 0 Å². The first kappa shape index (κ1) is 33.9. The molecule has 3 rings (SSSR count). The summed E-state index contributed by atoms with van der Waals surface area (Å²) in [5.74, 6) is -0.0626. The van der Waals surface area contributed by atoms with Gasteiger partial charge in [-0.25, -0.2) is 0 Å². The van der Waals surface area contributed by atoms with Gasteiger partial charge in [0.15, 0.2) is 8.32 Å². The van der Waals surface area contributed by atoms with Crippen molar-refractivity contribution < 1.29 is 19.4 Å². The normalized spacial score (nSPS) is 13.2. The van der Waals surface area contributed by atoms with Gasteiger partial charge in [-0.05, 0) is 84.9 Å². The molecule has 1 atom stereocenters. The molecule has 0 saturated heterocycles. The highest BCUT2D eigenvalue weighted by Crippen LogP contribution is 2.40. The number of amides is 1. The molecule has 0 spiro atoms. The molecule has 0 aromatic heterocycles. The van der Waals surface area contributed by atoms with Crippen molar-refractivity contribution in [2.45, 2.75) is 83.8 Å². The lowest BCUT2D eigenvalue weighted by Gasteiger charge is -2.40. The monoisotopic (exact) mass is 630 g/mol. The molecule has 3 aromatic rings. The molecule has 42 heavy (non-hydrogen) atoms. The van der Waals surface area contributed by atoms with E-state index >= 15 is 0 Å². The Hall–Kier alpha value is -2.55. The van der Waals surface area contributed by atoms with Gasteiger partial charge in [-0.1, -0.05) is 74.3 Å². The Morgan fingerprint density at radius 1 is 0.881 bits per heavy atom. The van der Waals surface area contributed by atoms with Crippen LogP contribution < -0.4 is 10.6 Å². The number of phenols is 2. The fourth-order valence-electron chi connectivity index (χ4n) is 4.45. The lowest BCUT2D eigenvalue weighted by Crippen LogP contribution is -2.47. The number of halogens is 2. The van der Waals surface area contributed by atoms with Crippen LogP contribution >= 0.6 is 23.2 Å². The number of hydrogen-bond donors (Lipinski definition) is 4. The van der Waals surface area contributed by atoms with E-state index in [2.05, 4.69) is 70.5 Å². The smallest absolute Gasteiger partial charge is 0.224 e. The molecule has 3 aromatic carbocycles. The van der Waals surface area contributed by atoms with Gasteiger partial charge in [0.2, 0.25) is 5.91 Å². The molecule has 0 aliphatic carbocycles. The third kappa shape index (κ3) is 10.0. The molecular weight excluding hydrogens is 587 g/mol. The summed E-state index contributed by atoms with van der Waals surface area (Å²) in [7, 11) is -2.17. The number of aromatic hydroxyl groups is 2. The molecule has 0 radical (unpaired) electrons. The zero-order chi connectivity index (χ0) is 31.3. The minimum absolute atomic E-state index is 0.00547. The highest BCUT2D eigenvalue weighted by molar-refractivity contribution is 6.74. The van der Waals surface area contributed by atoms with Gasteiger partial charge in [0.1, 0.15) is 11.5 Å². The summed E-state index contributed by atoms with van der Waals surface area (Å²) < 4.78 is 6.77. The highest BCUT2D eigenvalue weighted by atomic mass is 35.5. The maximum atomic E-state index is 12.7. The second kappa shape index (κ2) is 13.8. The number of carbonyl (C=O) groups excluding carboxylic acids is 1. The first-order valence-corrected chi connectivity index (χ1v) is 17.8. The summed E-state index contributed by atoms with van der Waals surface area (Å²) in [4.78, 5) is 12.7. The van der Waals surface area contributed by atoms with Crippen molar-refractivity contribution in [3.63, 3.8) is 0 Å². The molecular formula is C33H44Cl2N2O4Si. The zero-order valence-corrected chi connectivity index (χ0v) is 28.2. The van der Waals surface area contributed by atoms with Gasteiger partial charge in [0.25, 0.3) is 0 Å². The molecule has 228 valence electrons.